The van der Waals surface area contributed by atoms with Crippen molar-refractivity contribution in [1.29, 1.82) is 0 Å². The molecule has 0 bridgehead atoms. The van der Waals surface area contributed by atoms with Crippen LogP contribution in [0.5, 0.6) is 0 Å². The Balaban J connectivity index is 1.59. The molecule has 0 aliphatic carbocycles. The average Bonchev–Trinajstić information content (AvgIpc) is 3.22. The first-order chi connectivity index (χ1) is 15.2. The number of amides is 3. The third-order valence-corrected chi connectivity index (χ3v) is 5.76. The Morgan fingerprint density at radius 3 is 2.56 bits per heavy atom. The van der Waals surface area contributed by atoms with Crippen molar-refractivity contribution in [1.82, 2.24) is 19.6 Å². The number of fused-ring (bicyclic) bond motifs is 2. The van der Waals surface area contributed by atoms with E-state index >= 15 is 0 Å². The van der Waals surface area contributed by atoms with Crippen LogP contribution in [0.15, 0.2) is 18.2 Å². The molecular weight excluding hydrogens is 412 g/mol. The van der Waals surface area contributed by atoms with E-state index in [0.29, 0.717) is 36.2 Å². The van der Waals surface area contributed by atoms with E-state index < -0.39 is 5.97 Å². The molecule has 4 rings (SSSR count). The van der Waals surface area contributed by atoms with Crippen molar-refractivity contribution in [3.8, 4) is 0 Å². The van der Waals surface area contributed by atoms with Gasteiger partial charge in [-0.05, 0) is 31.0 Å². The Morgan fingerprint density at radius 1 is 1.16 bits per heavy atom. The van der Waals surface area contributed by atoms with Crippen molar-refractivity contribution in [2.45, 2.75) is 33.7 Å². The molecule has 9 nitrogen and oxygen atoms in total. The van der Waals surface area contributed by atoms with Crippen molar-refractivity contribution in [2.24, 2.45) is 13.0 Å². The number of hydrogen-bond acceptors (Lipinski definition) is 6. The molecule has 0 saturated heterocycles. The molecule has 2 aliphatic rings. The Hall–Kier alpha value is -3.49. The SMILES string of the molecule is CCOC(=O)c1nn(C)c2c1CN(C(=O)c1ccc3c(c1)C(=O)N(CC(C)C)C3=O)CC2. The summed E-state index contributed by atoms with van der Waals surface area (Å²) in [6.07, 6.45) is 0.550. The maximum absolute atomic E-state index is 13.2. The van der Waals surface area contributed by atoms with Gasteiger partial charge in [-0.15, -0.1) is 0 Å². The van der Waals surface area contributed by atoms with Gasteiger partial charge < -0.3 is 9.64 Å². The predicted octanol–water partition coefficient (Wildman–Crippen LogP) is 2.05. The second-order valence-corrected chi connectivity index (χ2v) is 8.47. The van der Waals surface area contributed by atoms with Crippen LogP contribution in [0, 0.1) is 5.92 Å². The van der Waals surface area contributed by atoms with E-state index in [9.17, 15) is 19.2 Å². The van der Waals surface area contributed by atoms with E-state index in [0.717, 1.165) is 5.69 Å². The summed E-state index contributed by atoms with van der Waals surface area (Å²) in [5.41, 5.74) is 2.72. The Bertz CT molecular complexity index is 1130. The highest BCUT2D eigenvalue weighted by Gasteiger charge is 2.37. The number of ether oxygens (including phenoxy) is 1. The van der Waals surface area contributed by atoms with Gasteiger partial charge in [-0.3, -0.25) is 24.0 Å². The molecular formula is C23H26N4O5. The minimum absolute atomic E-state index is 0.147. The fourth-order valence-corrected chi connectivity index (χ4v) is 4.27. The zero-order chi connectivity index (χ0) is 23.2. The molecule has 2 aromatic rings. The number of aryl methyl sites for hydroxylation is 1. The van der Waals surface area contributed by atoms with Gasteiger partial charge in [0.25, 0.3) is 17.7 Å². The highest BCUT2D eigenvalue weighted by atomic mass is 16.5. The highest BCUT2D eigenvalue weighted by Crippen LogP contribution is 2.27. The van der Waals surface area contributed by atoms with Crippen LogP contribution in [-0.4, -0.2) is 63.0 Å². The standard InChI is InChI=1S/C23H26N4O5/c1-5-32-23(31)19-17-12-26(9-8-18(17)25(4)24-19)20(28)14-6-7-15-16(10-14)22(30)27(21(15)29)11-13(2)3/h6-7,10,13H,5,8-9,11-12H2,1-4H3. The number of aromatic nitrogens is 2. The molecule has 0 N–H and O–H groups in total. The lowest BCUT2D eigenvalue weighted by Gasteiger charge is -2.27. The largest absolute Gasteiger partial charge is 0.461 e. The normalized spacial score (nSPS) is 15.3. The van der Waals surface area contributed by atoms with E-state index in [2.05, 4.69) is 5.10 Å². The first kappa shape index (κ1) is 21.7. The van der Waals surface area contributed by atoms with Crippen LogP contribution in [0.4, 0.5) is 0 Å². The topological polar surface area (TPSA) is 102 Å². The van der Waals surface area contributed by atoms with E-state index in [-0.39, 0.29) is 48.0 Å². The molecule has 0 atom stereocenters. The van der Waals surface area contributed by atoms with Crippen molar-refractivity contribution < 1.29 is 23.9 Å². The molecule has 2 aliphatic heterocycles. The van der Waals surface area contributed by atoms with Gasteiger partial charge in [0.15, 0.2) is 5.69 Å². The summed E-state index contributed by atoms with van der Waals surface area (Å²) < 4.78 is 6.76. The molecule has 1 aromatic carbocycles. The van der Waals surface area contributed by atoms with Gasteiger partial charge in [0.05, 0.1) is 24.3 Å². The van der Waals surface area contributed by atoms with E-state index in [4.69, 9.17) is 4.74 Å². The van der Waals surface area contributed by atoms with Crippen LogP contribution in [0.1, 0.15) is 73.6 Å². The molecule has 0 saturated carbocycles. The fourth-order valence-electron chi connectivity index (χ4n) is 4.27. The average molecular weight is 438 g/mol. The summed E-state index contributed by atoms with van der Waals surface area (Å²) >= 11 is 0. The third kappa shape index (κ3) is 3.57. The minimum atomic E-state index is -0.509. The maximum Gasteiger partial charge on any atom is 0.359 e. The van der Waals surface area contributed by atoms with Gasteiger partial charge in [0.1, 0.15) is 0 Å². The van der Waals surface area contributed by atoms with Crippen LogP contribution < -0.4 is 0 Å². The lowest BCUT2D eigenvalue weighted by atomic mass is 10.0. The Labute approximate surface area is 185 Å². The molecule has 3 amide bonds. The van der Waals surface area contributed by atoms with Crippen molar-refractivity contribution in [2.75, 3.05) is 19.7 Å². The van der Waals surface area contributed by atoms with Gasteiger partial charge in [-0.2, -0.15) is 5.10 Å². The molecule has 168 valence electrons. The smallest absolute Gasteiger partial charge is 0.359 e. The first-order valence-electron chi connectivity index (χ1n) is 10.7. The summed E-state index contributed by atoms with van der Waals surface area (Å²) in [4.78, 5) is 53.7. The molecule has 0 fully saturated rings. The molecule has 32 heavy (non-hydrogen) atoms. The number of benzene rings is 1. The summed E-state index contributed by atoms with van der Waals surface area (Å²) in [7, 11) is 1.77. The molecule has 3 heterocycles. The van der Waals surface area contributed by atoms with E-state index in [1.807, 2.05) is 13.8 Å². The first-order valence-corrected chi connectivity index (χ1v) is 10.7. The van der Waals surface area contributed by atoms with Crippen molar-refractivity contribution in [3.05, 3.63) is 51.8 Å². The van der Waals surface area contributed by atoms with Crippen molar-refractivity contribution in [3.63, 3.8) is 0 Å². The number of rotatable bonds is 5. The van der Waals surface area contributed by atoms with Gasteiger partial charge in [-0.1, -0.05) is 13.8 Å². The zero-order valence-electron chi connectivity index (χ0n) is 18.7. The second kappa shape index (κ2) is 8.22. The minimum Gasteiger partial charge on any atom is -0.461 e. The molecule has 0 radical (unpaired) electrons. The number of nitrogens with zero attached hydrogens (tertiary/aromatic N) is 4. The summed E-state index contributed by atoms with van der Waals surface area (Å²) in [5, 5.41) is 4.29. The Morgan fingerprint density at radius 2 is 1.88 bits per heavy atom. The van der Waals surface area contributed by atoms with Crippen LogP contribution in [-0.2, 0) is 24.8 Å². The Kier molecular flexibility index (Phi) is 5.58. The maximum atomic E-state index is 13.2. The number of carbonyl (C=O) groups excluding carboxylic acids is 4. The van der Waals surface area contributed by atoms with Gasteiger partial charge in [0.2, 0.25) is 0 Å². The van der Waals surface area contributed by atoms with Crippen LogP contribution in [0.25, 0.3) is 0 Å². The predicted molar refractivity (Wildman–Crippen MR) is 114 cm³/mol. The zero-order valence-corrected chi connectivity index (χ0v) is 18.7. The summed E-state index contributed by atoms with van der Waals surface area (Å²) in [6.45, 7) is 6.85. The molecule has 0 unspecified atom stereocenters. The van der Waals surface area contributed by atoms with Gasteiger partial charge >= 0.3 is 5.97 Å². The summed E-state index contributed by atoms with van der Waals surface area (Å²) in [6, 6.07) is 4.63. The van der Waals surface area contributed by atoms with Crippen LogP contribution in [0.2, 0.25) is 0 Å². The second-order valence-electron chi connectivity index (χ2n) is 8.47. The monoisotopic (exact) mass is 438 g/mol. The highest BCUT2D eigenvalue weighted by molar-refractivity contribution is 6.22. The summed E-state index contributed by atoms with van der Waals surface area (Å²) in [5.74, 6) is -1.32. The lowest BCUT2D eigenvalue weighted by Crippen LogP contribution is -2.36. The molecule has 9 heteroatoms. The van der Waals surface area contributed by atoms with Gasteiger partial charge in [0, 0.05) is 43.4 Å². The van der Waals surface area contributed by atoms with Crippen LogP contribution in [0.3, 0.4) is 0 Å². The van der Waals surface area contributed by atoms with E-state index in [1.54, 1.807) is 35.7 Å². The number of esters is 1. The lowest BCUT2D eigenvalue weighted by molar-refractivity contribution is 0.0512. The van der Waals surface area contributed by atoms with Gasteiger partial charge in [-0.25, -0.2) is 4.79 Å². The fraction of sp³-hybridized carbons (Fsp3) is 0.435. The molecule has 1 aromatic heterocycles. The van der Waals surface area contributed by atoms with Crippen LogP contribution >= 0.6 is 0 Å². The van der Waals surface area contributed by atoms with E-state index in [1.165, 1.54) is 11.0 Å². The van der Waals surface area contributed by atoms with Crippen molar-refractivity contribution >= 4 is 23.7 Å². The number of imide groups is 1. The third-order valence-electron chi connectivity index (χ3n) is 5.76. The quantitative estimate of drug-likeness (QED) is 0.523. The number of hydrogen-bond donors (Lipinski definition) is 0. The molecule has 0 spiro atoms. The number of carbonyl (C=O) groups is 4.